The maximum atomic E-state index is 10.9. The second-order valence-electron chi connectivity index (χ2n) is 4.37. The molecule has 1 aromatic carbocycles. The molecule has 18 heavy (non-hydrogen) atoms. The predicted molar refractivity (Wildman–Crippen MR) is 73.2 cm³/mol. The molecule has 1 saturated heterocycles. The lowest BCUT2D eigenvalue weighted by atomic mass is 10.1. The van der Waals surface area contributed by atoms with Crippen molar-refractivity contribution < 1.29 is 14.6 Å². The first kappa shape index (κ1) is 13.4. The van der Waals surface area contributed by atoms with Crippen molar-refractivity contribution in [3.05, 3.63) is 28.2 Å². The normalized spacial score (nSPS) is 19.5. The van der Waals surface area contributed by atoms with E-state index in [-0.39, 0.29) is 11.7 Å². The Morgan fingerprint density at radius 1 is 1.50 bits per heavy atom. The topological polar surface area (TPSA) is 58.6 Å². The Labute approximate surface area is 114 Å². The van der Waals surface area contributed by atoms with Gasteiger partial charge in [-0.15, -0.1) is 0 Å². The van der Waals surface area contributed by atoms with E-state index in [4.69, 9.17) is 9.84 Å². The number of hydrogen-bond donors (Lipinski definition) is 2. The number of ether oxygens (including phenoxy) is 1. The lowest BCUT2D eigenvalue weighted by molar-refractivity contribution is 0.0247. The SMILES string of the molecule is O=C(O)c1ccc(NCC2CCCCO2)cc1Br. The molecule has 1 unspecified atom stereocenters. The first-order chi connectivity index (χ1) is 8.66. The number of aromatic carboxylic acids is 1. The zero-order valence-electron chi connectivity index (χ0n) is 9.99. The highest BCUT2D eigenvalue weighted by Gasteiger charge is 2.14. The Bertz CT molecular complexity index is 430. The second-order valence-corrected chi connectivity index (χ2v) is 5.22. The number of nitrogens with one attached hydrogen (secondary N) is 1. The molecular weight excluding hydrogens is 298 g/mol. The van der Waals surface area contributed by atoms with Crippen LogP contribution >= 0.6 is 15.9 Å². The lowest BCUT2D eigenvalue weighted by Gasteiger charge is -2.23. The molecule has 0 radical (unpaired) electrons. The number of carboxylic acids is 1. The molecule has 0 amide bonds. The quantitative estimate of drug-likeness (QED) is 0.896. The standard InChI is InChI=1S/C13H16BrNO3/c14-12-7-9(4-5-11(12)13(16)17)15-8-10-3-1-2-6-18-10/h4-5,7,10,15H,1-3,6,8H2,(H,16,17). The zero-order chi connectivity index (χ0) is 13.0. The average molecular weight is 314 g/mol. The third kappa shape index (κ3) is 3.46. The summed E-state index contributed by atoms with van der Waals surface area (Å²) in [7, 11) is 0. The van der Waals surface area contributed by atoms with Crippen molar-refractivity contribution in [3.63, 3.8) is 0 Å². The van der Waals surface area contributed by atoms with Gasteiger partial charge in [0.1, 0.15) is 0 Å². The van der Waals surface area contributed by atoms with Crippen molar-refractivity contribution >= 4 is 27.6 Å². The van der Waals surface area contributed by atoms with Crippen LogP contribution in [0.4, 0.5) is 5.69 Å². The summed E-state index contributed by atoms with van der Waals surface area (Å²) in [5.41, 5.74) is 1.18. The number of rotatable bonds is 4. The molecule has 5 heteroatoms. The Kier molecular flexibility index (Phi) is 4.60. The van der Waals surface area contributed by atoms with Crippen molar-refractivity contribution in [2.45, 2.75) is 25.4 Å². The minimum absolute atomic E-state index is 0.261. The van der Waals surface area contributed by atoms with Gasteiger partial charge in [0.2, 0.25) is 0 Å². The first-order valence-corrected chi connectivity index (χ1v) is 6.84. The van der Waals surface area contributed by atoms with Crippen LogP contribution in [0, 0.1) is 0 Å². The van der Waals surface area contributed by atoms with Crippen molar-refractivity contribution in [1.82, 2.24) is 0 Å². The maximum Gasteiger partial charge on any atom is 0.336 e. The molecule has 2 rings (SSSR count). The maximum absolute atomic E-state index is 10.9. The van der Waals surface area contributed by atoms with E-state index >= 15 is 0 Å². The summed E-state index contributed by atoms with van der Waals surface area (Å²) in [6.45, 7) is 1.60. The fourth-order valence-corrected chi connectivity index (χ4v) is 2.55. The molecule has 0 spiro atoms. The predicted octanol–water partition coefficient (Wildman–Crippen LogP) is 3.13. The molecule has 4 nitrogen and oxygen atoms in total. The Morgan fingerprint density at radius 3 is 2.94 bits per heavy atom. The summed E-state index contributed by atoms with van der Waals surface area (Å²) >= 11 is 3.26. The third-order valence-electron chi connectivity index (χ3n) is 3.01. The molecule has 0 bridgehead atoms. The highest BCUT2D eigenvalue weighted by molar-refractivity contribution is 9.10. The summed E-state index contributed by atoms with van der Waals surface area (Å²) in [4.78, 5) is 10.9. The van der Waals surface area contributed by atoms with Gasteiger partial charge >= 0.3 is 5.97 Å². The molecular formula is C13H16BrNO3. The van der Waals surface area contributed by atoms with Crippen LogP contribution in [0.2, 0.25) is 0 Å². The fraction of sp³-hybridized carbons (Fsp3) is 0.462. The van der Waals surface area contributed by atoms with Crippen molar-refractivity contribution in [2.24, 2.45) is 0 Å². The van der Waals surface area contributed by atoms with E-state index < -0.39 is 5.97 Å². The van der Waals surface area contributed by atoms with E-state index in [1.807, 2.05) is 0 Å². The van der Waals surface area contributed by atoms with Gasteiger partial charge in [0.15, 0.2) is 0 Å². The molecule has 1 aromatic rings. The Hall–Kier alpha value is -1.07. The molecule has 1 atom stereocenters. The van der Waals surface area contributed by atoms with Gasteiger partial charge in [-0.1, -0.05) is 0 Å². The summed E-state index contributed by atoms with van der Waals surface area (Å²) in [6, 6.07) is 5.15. The fourth-order valence-electron chi connectivity index (χ4n) is 2.00. The lowest BCUT2D eigenvalue weighted by Crippen LogP contribution is -2.26. The number of benzene rings is 1. The molecule has 0 saturated carbocycles. The van der Waals surface area contributed by atoms with Gasteiger partial charge in [-0.3, -0.25) is 0 Å². The highest BCUT2D eigenvalue weighted by atomic mass is 79.9. The number of anilines is 1. The Morgan fingerprint density at radius 2 is 2.33 bits per heavy atom. The number of carboxylic acid groups (broad SMARTS) is 1. The van der Waals surface area contributed by atoms with E-state index in [1.165, 1.54) is 6.42 Å². The third-order valence-corrected chi connectivity index (χ3v) is 3.66. The van der Waals surface area contributed by atoms with Gasteiger partial charge in [0, 0.05) is 23.3 Å². The first-order valence-electron chi connectivity index (χ1n) is 6.05. The number of carbonyl (C=O) groups is 1. The van der Waals surface area contributed by atoms with Gasteiger partial charge in [-0.2, -0.15) is 0 Å². The smallest absolute Gasteiger partial charge is 0.336 e. The van der Waals surface area contributed by atoms with Crippen molar-refractivity contribution in [1.29, 1.82) is 0 Å². The van der Waals surface area contributed by atoms with Gasteiger partial charge in [-0.05, 0) is 53.4 Å². The molecule has 1 aliphatic rings. The highest BCUT2D eigenvalue weighted by Crippen LogP contribution is 2.22. The molecule has 1 fully saturated rings. The van der Waals surface area contributed by atoms with E-state index in [0.717, 1.165) is 31.7 Å². The van der Waals surface area contributed by atoms with Gasteiger partial charge < -0.3 is 15.2 Å². The monoisotopic (exact) mass is 313 g/mol. The van der Waals surface area contributed by atoms with Crippen LogP contribution in [-0.4, -0.2) is 30.3 Å². The van der Waals surface area contributed by atoms with Crippen LogP contribution in [0.1, 0.15) is 29.6 Å². The van der Waals surface area contributed by atoms with Gasteiger partial charge in [0.05, 0.1) is 11.7 Å². The summed E-state index contributed by atoms with van der Waals surface area (Å²) in [6.07, 6.45) is 3.71. The van der Waals surface area contributed by atoms with E-state index in [1.54, 1.807) is 18.2 Å². The average Bonchev–Trinajstić information content (AvgIpc) is 2.37. The number of hydrogen-bond acceptors (Lipinski definition) is 3. The molecule has 98 valence electrons. The molecule has 0 aromatic heterocycles. The van der Waals surface area contributed by atoms with Gasteiger partial charge in [-0.25, -0.2) is 4.79 Å². The van der Waals surface area contributed by atoms with Crippen molar-refractivity contribution in [3.8, 4) is 0 Å². The second kappa shape index (κ2) is 6.20. The van der Waals surface area contributed by atoms with Crippen LogP contribution in [0.5, 0.6) is 0 Å². The number of halogens is 1. The summed E-state index contributed by atoms with van der Waals surface area (Å²) < 4.78 is 6.21. The van der Waals surface area contributed by atoms with Crippen LogP contribution in [-0.2, 0) is 4.74 Å². The largest absolute Gasteiger partial charge is 0.478 e. The zero-order valence-corrected chi connectivity index (χ0v) is 11.6. The van der Waals surface area contributed by atoms with Crippen LogP contribution < -0.4 is 5.32 Å². The molecule has 0 aliphatic carbocycles. The van der Waals surface area contributed by atoms with Crippen LogP contribution in [0.25, 0.3) is 0 Å². The Balaban J connectivity index is 1.93. The van der Waals surface area contributed by atoms with Crippen LogP contribution in [0.3, 0.4) is 0 Å². The molecule has 1 aliphatic heterocycles. The van der Waals surface area contributed by atoms with Gasteiger partial charge in [0.25, 0.3) is 0 Å². The summed E-state index contributed by atoms with van der Waals surface area (Å²) in [5.74, 6) is -0.927. The van der Waals surface area contributed by atoms with Crippen LogP contribution in [0.15, 0.2) is 22.7 Å². The molecule has 1 heterocycles. The molecule has 2 N–H and O–H groups in total. The summed E-state index contributed by atoms with van der Waals surface area (Å²) in [5, 5.41) is 12.2. The van der Waals surface area contributed by atoms with Crippen molar-refractivity contribution in [2.75, 3.05) is 18.5 Å². The van der Waals surface area contributed by atoms with E-state index in [0.29, 0.717) is 4.47 Å². The van der Waals surface area contributed by atoms with E-state index in [9.17, 15) is 4.79 Å². The van der Waals surface area contributed by atoms with E-state index in [2.05, 4.69) is 21.2 Å². The minimum Gasteiger partial charge on any atom is -0.478 e. The minimum atomic E-state index is -0.927.